The Bertz CT molecular complexity index is 994. The number of carboxylic acid groups (broad SMARTS) is 1. The van der Waals surface area contributed by atoms with Gasteiger partial charge < -0.3 is 21.1 Å². The van der Waals surface area contributed by atoms with E-state index in [0.29, 0.717) is 17.9 Å². The zero-order valence-corrected chi connectivity index (χ0v) is 18.4. The van der Waals surface area contributed by atoms with E-state index in [4.69, 9.17) is 10.5 Å². The molecule has 3 amide bonds. The molecule has 174 valence electrons. The second-order valence-corrected chi connectivity index (χ2v) is 8.09. The largest absolute Gasteiger partial charge is 0.465 e. The minimum Gasteiger partial charge on any atom is -0.465 e. The molecular formula is C24H29N5O4. The van der Waals surface area contributed by atoms with Crippen LogP contribution < -0.4 is 21.3 Å². The Morgan fingerprint density at radius 3 is 2.48 bits per heavy atom. The summed E-state index contributed by atoms with van der Waals surface area (Å²) >= 11 is 0. The van der Waals surface area contributed by atoms with E-state index in [0.717, 1.165) is 18.5 Å². The van der Waals surface area contributed by atoms with Crippen molar-refractivity contribution in [1.82, 2.24) is 21.3 Å². The Morgan fingerprint density at radius 2 is 1.82 bits per heavy atom. The first-order chi connectivity index (χ1) is 15.8. The first-order valence-electron chi connectivity index (χ1n) is 10.9. The van der Waals surface area contributed by atoms with E-state index in [1.807, 2.05) is 23.5 Å². The number of hydrogen-bond donors (Lipinski definition) is 6. The number of benzene rings is 2. The van der Waals surface area contributed by atoms with Crippen LogP contribution in [0.5, 0.6) is 0 Å². The van der Waals surface area contributed by atoms with Crippen LogP contribution in [0, 0.1) is 5.41 Å². The van der Waals surface area contributed by atoms with Gasteiger partial charge in [-0.3, -0.25) is 20.3 Å². The molecule has 1 unspecified atom stereocenters. The number of amides is 3. The average Bonchev–Trinajstić information content (AvgIpc) is 2.83. The fourth-order valence-corrected chi connectivity index (χ4v) is 3.84. The van der Waals surface area contributed by atoms with E-state index in [9.17, 15) is 14.4 Å². The monoisotopic (exact) mass is 451 g/mol. The lowest BCUT2D eigenvalue weighted by atomic mass is 9.86. The lowest BCUT2D eigenvalue weighted by Crippen LogP contribution is -2.53. The number of piperidine rings is 1. The molecule has 0 bridgehead atoms. The van der Waals surface area contributed by atoms with Crippen LogP contribution >= 0.6 is 0 Å². The summed E-state index contributed by atoms with van der Waals surface area (Å²) in [5, 5.41) is 27.1. The van der Waals surface area contributed by atoms with E-state index >= 15 is 0 Å². The van der Waals surface area contributed by atoms with Crippen LogP contribution in [0.3, 0.4) is 0 Å². The van der Waals surface area contributed by atoms with Crippen molar-refractivity contribution >= 4 is 23.7 Å². The molecule has 1 saturated heterocycles. The zero-order chi connectivity index (χ0) is 23.8. The molecule has 2 aromatic carbocycles. The third-order valence-electron chi connectivity index (χ3n) is 5.68. The number of nitrogens with one attached hydrogen (secondary N) is 5. The Hall–Kier alpha value is -3.72. The predicted octanol–water partition coefficient (Wildman–Crippen LogP) is 1.94. The maximum Gasteiger partial charge on any atom is 0.410 e. The molecule has 0 radical (unpaired) electrons. The highest BCUT2D eigenvalue weighted by atomic mass is 16.4. The molecule has 1 aliphatic rings. The van der Waals surface area contributed by atoms with Gasteiger partial charge in [0.25, 0.3) is 0 Å². The van der Waals surface area contributed by atoms with Gasteiger partial charge in [0.15, 0.2) is 0 Å². The van der Waals surface area contributed by atoms with Crippen LogP contribution in [-0.4, -0.2) is 47.5 Å². The van der Waals surface area contributed by atoms with Gasteiger partial charge in [0.1, 0.15) is 11.9 Å². The molecule has 1 fully saturated rings. The molecule has 0 aromatic heterocycles. The summed E-state index contributed by atoms with van der Waals surface area (Å²) in [5.41, 5.74) is 2.43. The fraction of sp³-hybridized carbons (Fsp3) is 0.333. The van der Waals surface area contributed by atoms with Crippen molar-refractivity contribution in [2.45, 2.75) is 44.3 Å². The molecule has 0 aliphatic carbocycles. The quantitative estimate of drug-likeness (QED) is 0.282. The summed E-state index contributed by atoms with van der Waals surface area (Å²) in [4.78, 5) is 35.8. The van der Waals surface area contributed by atoms with E-state index < -0.39 is 12.1 Å². The summed E-state index contributed by atoms with van der Waals surface area (Å²) in [7, 11) is 0. The average molecular weight is 452 g/mol. The topological polar surface area (TPSA) is 143 Å². The summed E-state index contributed by atoms with van der Waals surface area (Å²) in [6.45, 7) is 2.64. The van der Waals surface area contributed by atoms with Crippen molar-refractivity contribution < 1.29 is 19.5 Å². The minimum absolute atomic E-state index is 0.188. The van der Waals surface area contributed by atoms with Crippen molar-refractivity contribution in [3.63, 3.8) is 0 Å². The van der Waals surface area contributed by atoms with E-state index in [1.54, 1.807) is 31.2 Å². The normalized spacial score (nSPS) is 18.6. The van der Waals surface area contributed by atoms with Crippen LogP contribution in [0.4, 0.5) is 4.79 Å². The molecule has 2 aromatic rings. The van der Waals surface area contributed by atoms with Crippen molar-refractivity contribution in [3.05, 3.63) is 71.3 Å². The van der Waals surface area contributed by atoms with E-state index in [2.05, 4.69) is 28.1 Å². The van der Waals surface area contributed by atoms with Gasteiger partial charge in [0, 0.05) is 12.1 Å². The SMILES string of the molecule is CC(NC(=O)[C@H]1C[C@@H](c2ccccc2)CCN1)C(=O)NCc1ccc(C(=N)NC(=O)O)cc1. The highest BCUT2D eigenvalue weighted by Gasteiger charge is 2.29. The van der Waals surface area contributed by atoms with Gasteiger partial charge in [0.2, 0.25) is 11.8 Å². The van der Waals surface area contributed by atoms with Gasteiger partial charge in [-0.25, -0.2) is 4.79 Å². The first kappa shape index (κ1) is 23.9. The van der Waals surface area contributed by atoms with Crippen molar-refractivity contribution in [2.24, 2.45) is 0 Å². The Kier molecular flexibility index (Phi) is 8.15. The van der Waals surface area contributed by atoms with Crippen molar-refractivity contribution in [1.29, 1.82) is 5.41 Å². The van der Waals surface area contributed by atoms with Gasteiger partial charge in [-0.1, -0.05) is 54.6 Å². The number of amidine groups is 1. The highest BCUT2D eigenvalue weighted by molar-refractivity contribution is 6.04. The molecule has 33 heavy (non-hydrogen) atoms. The summed E-state index contributed by atoms with van der Waals surface area (Å²) in [5.74, 6) is -0.405. The molecule has 9 heteroatoms. The smallest absolute Gasteiger partial charge is 0.410 e. The maximum absolute atomic E-state index is 12.7. The van der Waals surface area contributed by atoms with Crippen molar-refractivity contribution in [3.8, 4) is 0 Å². The molecule has 1 heterocycles. The van der Waals surface area contributed by atoms with Gasteiger partial charge in [-0.15, -0.1) is 0 Å². The maximum atomic E-state index is 12.7. The molecular weight excluding hydrogens is 422 g/mol. The Balaban J connectivity index is 1.46. The molecule has 9 nitrogen and oxygen atoms in total. The highest BCUT2D eigenvalue weighted by Crippen LogP contribution is 2.27. The van der Waals surface area contributed by atoms with E-state index in [-0.39, 0.29) is 30.2 Å². The molecule has 6 N–H and O–H groups in total. The van der Waals surface area contributed by atoms with Crippen LogP contribution in [0.15, 0.2) is 54.6 Å². The van der Waals surface area contributed by atoms with Crippen LogP contribution in [-0.2, 0) is 16.1 Å². The molecule has 0 saturated carbocycles. The number of rotatable bonds is 7. The zero-order valence-electron chi connectivity index (χ0n) is 18.4. The molecule has 1 aliphatic heterocycles. The number of hydrogen-bond acceptors (Lipinski definition) is 5. The minimum atomic E-state index is -1.30. The second kappa shape index (κ2) is 11.2. The van der Waals surface area contributed by atoms with Crippen LogP contribution in [0.1, 0.15) is 42.4 Å². The standard InChI is InChI=1S/C24H29N5O4/c1-15(22(30)27-14-16-7-9-18(10-8-16)21(25)29-24(32)33)28-23(31)20-13-19(11-12-26-20)17-5-3-2-4-6-17/h2-10,15,19-20,26H,11-14H2,1H3,(H2,25,29)(H,27,30)(H,28,31)(H,32,33)/t15?,19-,20+/m0/s1. The third kappa shape index (κ3) is 6.88. The van der Waals surface area contributed by atoms with Crippen molar-refractivity contribution in [2.75, 3.05) is 6.54 Å². The number of carbonyl (C=O) groups is 3. The first-order valence-corrected chi connectivity index (χ1v) is 10.9. The van der Waals surface area contributed by atoms with E-state index in [1.165, 1.54) is 5.56 Å². The lowest BCUT2D eigenvalue weighted by molar-refractivity contribution is -0.130. The summed E-state index contributed by atoms with van der Waals surface area (Å²) in [6.07, 6.45) is 0.350. The third-order valence-corrected chi connectivity index (χ3v) is 5.68. The second-order valence-electron chi connectivity index (χ2n) is 8.09. The Morgan fingerprint density at radius 1 is 1.12 bits per heavy atom. The van der Waals surface area contributed by atoms with Gasteiger partial charge in [-0.05, 0) is 43.4 Å². The fourth-order valence-electron chi connectivity index (χ4n) is 3.84. The summed E-state index contributed by atoms with van der Waals surface area (Å²) < 4.78 is 0. The lowest BCUT2D eigenvalue weighted by Gasteiger charge is -2.30. The Labute approximate surface area is 192 Å². The molecule has 3 rings (SSSR count). The van der Waals surface area contributed by atoms with Gasteiger partial charge >= 0.3 is 6.09 Å². The van der Waals surface area contributed by atoms with Gasteiger partial charge in [-0.2, -0.15) is 0 Å². The predicted molar refractivity (Wildman–Crippen MR) is 124 cm³/mol. The van der Waals surface area contributed by atoms with Crippen LogP contribution in [0.2, 0.25) is 0 Å². The van der Waals surface area contributed by atoms with Crippen LogP contribution in [0.25, 0.3) is 0 Å². The molecule has 0 spiro atoms. The number of carbonyl (C=O) groups excluding carboxylic acids is 2. The van der Waals surface area contributed by atoms with Gasteiger partial charge in [0.05, 0.1) is 6.04 Å². The molecule has 3 atom stereocenters. The summed E-state index contributed by atoms with van der Waals surface area (Å²) in [6, 6.07) is 15.7.